The van der Waals surface area contributed by atoms with Crippen LogP contribution in [0.2, 0.25) is 0 Å². The van der Waals surface area contributed by atoms with Gasteiger partial charge in [0.2, 0.25) is 5.91 Å². The molecule has 1 fully saturated rings. The zero-order valence-corrected chi connectivity index (χ0v) is 8.82. The van der Waals surface area contributed by atoms with Crippen molar-refractivity contribution in [2.24, 2.45) is 5.92 Å². The molecular formula is C8H16N2O2S. The average molecular weight is 204 g/mol. The lowest BCUT2D eigenvalue weighted by Crippen LogP contribution is -2.52. The van der Waals surface area contributed by atoms with Crippen LogP contribution in [0.25, 0.3) is 0 Å². The fourth-order valence-corrected chi connectivity index (χ4v) is 2.02. The van der Waals surface area contributed by atoms with Crippen LogP contribution in [-0.4, -0.2) is 41.3 Å². The van der Waals surface area contributed by atoms with Gasteiger partial charge in [0.15, 0.2) is 0 Å². The van der Waals surface area contributed by atoms with E-state index in [2.05, 4.69) is 10.6 Å². The van der Waals surface area contributed by atoms with Gasteiger partial charge in [-0.2, -0.15) is 0 Å². The maximum atomic E-state index is 11.4. The Morgan fingerprint density at radius 3 is 2.69 bits per heavy atom. The van der Waals surface area contributed by atoms with Gasteiger partial charge in [-0.3, -0.25) is 9.00 Å². The molecule has 0 bridgehead atoms. The van der Waals surface area contributed by atoms with Gasteiger partial charge < -0.3 is 10.6 Å². The van der Waals surface area contributed by atoms with Crippen LogP contribution >= 0.6 is 0 Å². The highest BCUT2D eigenvalue weighted by Gasteiger charge is 2.25. The molecule has 1 heterocycles. The molecule has 1 amide bonds. The summed E-state index contributed by atoms with van der Waals surface area (Å²) in [6.45, 7) is 3.42. The molecular weight excluding hydrogens is 188 g/mol. The second-order valence-corrected chi connectivity index (χ2v) is 4.98. The predicted molar refractivity (Wildman–Crippen MR) is 52.9 cm³/mol. The Morgan fingerprint density at radius 1 is 1.69 bits per heavy atom. The molecule has 0 aromatic rings. The minimum atomic E-state index is -0.840. The summed E-state index contributed by atoms with van der Waals surface area (Å²) in [7, 11) is -0.840. The van der Waals surface area contributed by atoms with Gasteiger partial charge in [-0.1, -0.05) is 0 Å². The van der Waals surface area contributed by atoms with Crippen molar-refractivity contribution in [2.75, 3.05) is 25.1 Å². The summed E-state index contributed by atoms with van der Waals surface area (Å²) in [5.41, 5.74) is 0. The van der Waals surface area contributed by atoms with Crippen LogP contribution in [0, 0.1) is 5.92 Å². The van der Waals surface area contributed by atoms with E-state index in [1.165, 1.54) is 0 Å². The third-order valence-corrected chi connectivity index (χ3v) is 3.00. The maximum absolute atomic E-state index is 11.4. The highest BCUT2D eigenvalue weighted by atomic mass is 32.2. The Bertz CT molecular complexity index is 216. The second-order valence-electron chi connectivity index (χ2n) is 3.50. The monoisotopic (exact) mass is 204 g/mol. The molecule has 0 aromatic heterocycles. The molecule has 1 aliphatic rings. The van der Waals surface area contributed by atoms with E-state index in [1.807, 2.05) is 6.92 Å². The number of carbonyl (C=O) groups excluding carboxylic acids is 1. The minimum Gasteiger partial charge on any atom is -0.352 e. The van der Waals surface area contributed by atoms with E-state index in [-0.39, 0.29) is 17.9 Å². The van der Waals surface area contributed by atoms with Crippen LogP contribution in [-0.2, 0) is 15.6 Å². The molecule has 2 unspecified atom stereocenters. The van der Waals surface area contributed by atoms with Crippen molar-refractivity contribution in [2.45, 2.75) is 13.0 Å². The fraction of sp³-hybridized carbons (Fsp3) is 0.875. The molecule has 1 rings (SSSR count). The molecule has 13 heavy (non-hydrogen) atoms. The highest BCUT2D eigenvalue weighted by Crippen LogP contribution is 2.02. The van der Waals surface area contributed by atoms with Crippen molar-refractivity contribution in [3.8, 4) is 0 Å². The molecule has 2 N–H and O–H groups in total. The Kier molecular flexibility index (Phi) is 3.87. The van der Waals surface area contributed by atoms with Gasteiger partial charge in [-0.25, -0.2) is 0 Å². The first-order valence-electron chi connectivity index (χ1n) is 4.40. The van der Waals surface area contributed by atoms with Crippen LogP contribution in [0.1, 0.15) is 6.92 Å². The van der Waals surface area contributed by atoms with Gasteiger partial charge in [-0.05, 0) is 6.92 Å². The smallest absolute Gasteiger partial charge is 0.225 e. The zero-order valence-electron chi connectivity index (χ0n) is 8.00. The van der Waals surface area contributed by atoms with Crippen molar-refractivity contribution in [1.82, 2.24) is 10.6 Å². The van der Waals surface area contributed by atoms with Crippen molar-refractivity contribution < 1.29 is 9.00 Å². The van der Waals surface area contributed by atoms with Crippen LogP contribution in [0.3, 0.4) is 0 Å². The van der Waals surface area contributed by atoms with Crippen molar-refractivity contribution in [3.05, 3.63) is 0 Å². The van der Waals surface area contributed by atoms with E-state index >= 15 is 0 Å². The number of carbonyl (C=O) groups is 1. The molecule has 0 radical (unpaired) electrons. The standard InChI is InChI=1S/C8H16N2O2S/c1-6(5-13(2)12)10-8(11)7-3-9-4-7/h6-7,9H,3-5H2,1-2H3,(H,10,11). The molecule has 4 nitrogen and oxygen atoms in total. The Balaban J connectivity index is 2.22. The average Bonchev–Trinajstić information content (AvgIpc) is 1.78. The third-order valence-electron chi connectivity index (χ3n) is 2.03. The number of hydrogen-bond acceptors (Lipinski definition) is 3. The van der Waals surface area contributed by atoms with E-state index in [0.29, 0.717) is 5.75 Å². The zero-order chi connectivity index (χ0) is 9.84. The lowest BCUT2D eigenvalue weighted by atomic mass is 10.0. The quantitative estimate of drug-likeness (QED) is 0.623. The Hall–Kier alpha value is -0.420. The molecule has 0 saturated carbocycles. The van der Waals surface area contributed by atoms with Crippen LogP contribution in [0.4, 0.5) is 0 Å². The molecule has 0 aliphatic carbocycles. The fourth-order valence-electron chi connectivity index (χ4n) is 1.23. The summed E-state index contributed by atoms with van der Waals surface area (Å²) in [5, 5.41) is 5.88. The van der Waals surface area contributed by atoms with E-state index < -0.39 is 10.8 Å². The molecule has 76 valence electrons. The lowest BCUT2D eigenvalue weighted by molar-refractivity contribution is -0.126. The highest BCUT2D eigenvalue weighted by molar-refractivity contribution is 7.84. The first-order chi connectivity index (χ1) is 6.09. The summed E-state index contributed by atoms with van der Waals surface area (Å²) in [6.07, 6.45) is 1.65. The third kappa shape index (κ3) is 3.44. The number of amides is 1. The maximum Gasteiger partial charge on any atom is 0.225 e. The topological polar surface area (TPSA) is 58.2 Å². The van der Waals surface area contributed by atoms with Gasteiger partial charge in [0.1, 0.15) is 0 Å². The largest absolute Gasteiger partial charge is 0.352 e. The summed E-state index contributed by atoms with van der Waals surface area (Å²) >= 11 is 0. The van der Waals surface area contributed by atoms with Crippen LogP contribution < -0.4 is 10.6 Å². The number of nitrogens with one attached hydrogen (secondary N) is 2. The summed E-state index contributed by atoms with van der Waals surface area (Å²) in [4.78, 5) is 11.4. The van der Waals surface area contributed by atoms with Crippen molar-refractivity contribution in [3.63, 3.8) is 0 Å². The minimum absolute atomic E-state index is 0.0129. The van der Waals surface area contributed by atoms with E-state index in [0.717, 1.165) is 13.1 Å². The summed E-state index contributed by atoms with van der Waals surface area (Å²) in [5.74, 6) is 0.732. The summed E-state index contributed by atoms with van der Waals surface area (Å²) < 4.78 is 10.8. The van der Waals surface area contributed by atoms with Crippen molar-refractivity contribution >= 4 is 16.7 Å². The van der Waals surface area contributed by atoms with Crippen molar-refractivity contribution in [1.29, 1.82) is 0 Å². The van der Waals surface area contributed by atoms with Crippen LogP contribution in [0.15, 0.2) is 0 Å². The van der Waals surface area contributed by atoms with Gasteiger partial charge in [0.25, 0.3) is 0 Å². The molecule has 0 aromatic carbocycles. The normalized spacial score (nSPS) is 21.7. The van der Waals surface area contributed by atoms with Gasteiger partial charge >= 0.3 is 0 Å². The summed E-state index contributed by atoms with van der Waals surface area (Å²) in [6, 6.07) is 0.0129. The van der Waals surface area contributed by atoms with Gasteiger partial charge in [0, 0.05) is 41.9 Å². The second kappa shape index (κ2) is 4.72. The number of hydrogen-bond donors (Lipinski definition) is 2. The molecule has 0 spiro atoms. The number of rotatable bonds is 4. The van der Waals surface area contributed by atoms with E-state index in [9.17, 15) is 9.00 Å². The van der Waals surface area contributed by atoms with Crippen LogP contribution in [0.5, 0.6) is 0 Å². The Morgan fingerprint density at radius 2 is 2.31 bits per heavy atom. The van der Waals surface area contributed by atoms with E-state index in [1.54, 1.807) is 6.26 Å². The molecule has 1 saturated heterocycles. The Labute approximate surface area is 80.9 Å². The molecule has 1 aliphatic heterocycles. The first-order valence-corrected chi connectivity index (χ1v) is 6.13. The van der Waals surface area contributed by atoms with Gasteiger partial charge in [-0.15, -0.1) is 0 Å². The van der Waals surface area contributed by atoms with Gasteiger partial charge in [0.05, 0.1) is 5.92 Å². The lowest BCUT2D eigenvalue weighted by Gasteiger charge is -2.27. The molecule has 2 atom stereocenters. The first kappa shape index (κ1) is 10.7. The predicted octanol–water partition coefficient (Wildman–Crippen LogP) is -0.911. The molecule has 5 heteroatoms. The SMILES string of the molecule is CC(CS(C)=O)NC(=O)C1CNC1. The van der Waals surface area contributed by atoms with E-state index in [4.69, 9.17) is 0 Å².